The highest BCUT2D eigenvalue weighted by Crippen LogP contribution is 2.34. The van der Waals surface area contributed by atoms with Gasteiger partial charge in [0.1, 0.15) is 17.8 Å². The van der Waals surface area contributed by atoms with Gasteiger partial charge in [0.2, 0.25) is 23.6 Å². The molecule has 2 fully saturated rings. The van der Waals surface area contributed by atoms with Gasteiger partial charge in [0.15, 0.2) is 5.82 Å². The van der Waals surface area contributed by atoms with Crippen LogP contribution in [0.3, 0.4) is 0 Å². The Kier molecular flexibility index (Phi) is 12.3. The lowest BCUT2D eigenvalue weighted by molar-refractivity contribution is -0.144. The maximum atomic E-state index is 14.2. The third-order valence-corrected chi connectivity index (χ3v) is 12.2. The van der Waals surface area contributed by atoms with Crippen molar-refractivity contribution in [3.63, 3.8) is 0 Å². The summed E-state index contributed by atoms with van der Waals surface area (Å²) in [6.45, 7) is 10.8. The summed E-state index contributed by atoms with van der Waals surface area (Å²) in [5.74, 6) is -0.739. The van der Waals surface area contributed by atoms with Crippen molar-refractivity contribution in [3.8, 4) is 38.6 Å². The molecule has 2 aliphatic rings. The number of rotatable bonds is 11. The van der Waals surface area contributed by atoms with Crippen LogP contribution in [-0.4, -0.2) is 98.5 Å². The number of thiazole rings is 1. The van der Waals surface area contributed by atoms with Crippen LogP contribution >= 0.6 is 11.3 Å². The van der Waals surface area contributed by atoms with Crippen molar-refractivity contribution in [3.05, 3.63) is 95.6 Å². The van der Waals surface area contributed by atoms with E-state index < -0.39 is 17.5 Å². The number of carbonyl (C=O) groups is 4. The van der Waals surface area contributed by atoms with Crippen LogP contribution in [0, 0.1) is 12.3 Å². The van der Waals surface area contributed by atoms with E-state index in [2.05, 4.69) is 25.8 Å². The number of aryl methyl sites for hydroxylation is 1. The quantitative estimate of drug-likeness (QED) is 0.131. The first-order valence-electron chi connectivity index (χ1n) is 20.1. The molecule has 3 aromatic carbocycles. The molecule has 7 rings (SSSR count). The van der Waals surface area contributed by atoms with Crippen LogP contribution in [0.2, 0.25) is 0 Å². The number of amides is 4. The van der Waals surface area contributed by atoms with E-state index in [1.54, 1.807) is 56.4 Å². The van der Waals surface area contributed by atoms with Crippen molar-refractivity contribution < 1.29 is 24.3 Å². The Hall–Kier alpha value is -6.19. The standard InChI is InChI=1S/C45H51N9O5S/c1-27(29-12-14-31(15-13-29)40-28(2)47-26-60-40)48-43(58)36-10-8-20-54(36)44(59)41(45(3,4)5)49-38(56)24-52-21-22-53(39(57)25-52)32-18-16-30(17-19-32)34-23-35(50-51-42(34)46)33-9-6-7-11-37(33)55/h6-7,9,11-19,23,26-27,36,41,55H,8,10,20-22,24-25H2,1-5H3,(H2,46,51)(H,48,58)(H,49,56). The fourth-order valence-electron chi connectivity index (χ4n) is 7.83. The Morgan fingerprint density at radius 1 is 0.933 bits per heavy atom. The lowest BCUT2D eigenvalue weighted by Crippen LogP contribution is -2.59. The van der Waals surface area contributed by atoms with Gasteiger partial charge in [-0.2, -0.15) is 0 Å². The largest absolute Gasteiger partial charge is 0.507 e. The second kappa shape index (κ2) is 17.6. The number of aromatic hydroxyl groups is 1. The lowest BCUT2D eigenvalue weighted by atomic mass is 9.85. The SMILES string of the molecule is Cc1ncsc1-c1ccc(C(C)NC(=O)C2CCCN2C(=O)C(NC(=O)CN2CCN(c3ccc(-c4cc(-c5ccccc5O)nnc4N)cc3)C(=O)C2)C(C)(C)C)cc1. The molecule has 5 N–H and O–H groups in total. The number of phenolic OH excluding ortho intramolecular Hbond substituents is 1. The summed E-state index contributed by atoms with van der Waals surface area (Å²) < 4.78 is 0. The molecule has 3 atom stereocenters. The van der Waals surface area contributed by atoms with E-state index in [9.17, 15) is 24.3 Å². The zero-order valence-corrected chi connectivity index (χ0v) is 35.3. The number of hydrogen-bond acceptors (Lipinski definition) is 11. The van der Waals surface area contributed by atoms with Crippen molar-refractivity contribution in [2.24, 2.45) is 5.41 Å². The highest BCUT2D eigenvalue weighted by molar-refractivity contribution is 7.13. The topological polar surface area (TPSA) is 187 Å². The van der Waals surface area contributed by atoms with Gasteiger partial charge < -0.3 is 31.3 Å². The summed E-state index contributed by atoms with van der Waals surface area (Å²) in [6, 6.07) is 22.3. The molecule has 14 nitrogen and oxygen atoms in total. The molecular weight excluding hydrogens is 779 g/mol. The van der Waals surface area contributed by atoms with E-state index in [4.69, 9.17) is 5.73 Å². The van der Waals surface area contributed by atoms with Crippen molar-refractivity contribution in [2.75, 3.05) is 43.4 Å². The van der Waals surface area contributed by atoms with Crippen LogP contribution in [0.5, 0.6) is 5.75 Å². The lowest BCUT2D eigenvalue weighted by Gasteiger charge is -2.37. The average molecular weight is 830 g/mol. The number of likely N-dealkylation sites (tertiary alicyclic amines) is 1. The maximum Gasteiger partial charge on any atom is 0.246 e. The van der Waals surface area contributed by atoms with E-state index in [0.717, 1.165) is 27.3 Å². The Labute approximate surface area is 353 Å². The molecule has 2 saturated heterocycles. The molecule has 2 aliphatic heterocycles. The van der Waals surface area contributed by atoms with Crippen LogP contribution in [-0.2, 0) is 19.2 Å². The van der Waals surface area contributed by atoms with Crippen LogP contribution in [0.1, 0.15) is 57.8 Å². The molecule has 4 heterocycles. The van der Waals surface area contributed by atoms with Crippen molar-refractivity contribution in [1.82, 2.24) is 35.6 Å². The fourth-order valence-corrected chi connectivity index (χ4v) is 8.64. The summed E-state index contributed by atoms with van der Waals surface area (Å²) in [4.78, 5) is 65.3. The molecule has 60 heavy (non-hydrogen) atoms. The van der Waals surface area contributed by atoms with Gasteiger partial charge in [0.25, 0.3) is 0 Å². The van der Waals surface area contributed by atoms with Crippen LogP contribution < -0.4 is 21.3 Å². The highest BCUT2D eigenvalue weighted by Gasteiger charge is 2.42. The minimum absolute atomic E-state index is 0.0224. The number of aromatic nitrogens is 3. The summed E-state index contributed by atoms with van der Waals surface area (Å²) in [5.41, 5.74) is 13.5. The van der Waals surface area contributed by atoms with E-state index in [1.165, 1.54) is 0 Å². The molecule has 0 saturated carbocycles. The van der Waals surface area contributed by atoms with Gasteiger partial charge in [-0.05, 0) is 79.1 Å². The molecule has 5 aromatic rings. The zero-order valence-electron chi connectivity index (χ0n) is 34.5. The molecule has 3 unspecified atom stereocenters. The summed E-state index contributed by atoms with van der Waals surface area (Å²) in [7, 11) is 0. The normalized spacial score (nSPS) is 17.0. The van der Waals surface area contributed by atoms with Crippen LogP contribution in [0.4, 0.5) is 11.5 Å². The third-order valence-electron chi connectivity index (χ3n) is 11.2. The average Bonchev–Trinajstić information content (AvgIpc) is 3.90. The minimum atomic E-state index is -0.881. The summed E-state index contributed by atoms with van der Waals surface area (Å²) in [6.07, 6.45) is 1.21. The number of carbonyl (C=O) groups excluding carboxylic acids is 4. The predicted molar refractivity (Wildman–Crippen MR) is 233 cm³/mol. The number of benzene rings is 3. The Morgan fingerprint density at radius 3 is 2.32 bits per heavy atom. The maximum absolute atomic E-state index is 14.2. The molecule has 4 amide bonds. The molecule has 0 aliphatic carbocycles. The molecule has 312 valence electrons. The van der Waals surface area contributed by atoms with Crippen LogP contribution in [0.15, 0.2) is 84.4 Å². The van der Waals surface area contributed by atoms with E-state index >= 15 is 0 Å². The first-order valence-corrected chi connectivity index (χ1v) is 21.0. The number of nitrogen functional groups attached to an aromatic ring is 1. The number of hydrogen-bond donors (Lipinski definition) is 4. The second-order valence-corrected chi connectivity index (χ2v) is 17.4. The second-order valence-electron chi connectivity index (χ2n) is 16.5. The molecule has 2 aromatic heterocycles. The fraction of sp³-hybridized carbons (Fsp3) is 0.356. The Bertz CT molecular complexity index is 2380. The number of nitrogens with zero attached hydrogens (tertiary/aromatic N) is 6. The number of nitrogens with one attached hydrogen (secondary N) is 2. The van der Waals surface area contributed by atoms with Crippen molar-refractivity contribution in [1.29, 1.82) is 0 Å². The van der Waals surface area contributed by atoms with Gasteiger partial charge in [-0.15, -0.1) is 21.5 Å². The number of phenols is 1. The smallest absolute Gasteiger partial charge is 0.246 e. The minimum Gasteiger partial charge on any atom is -0.507 e. The van der Waals surface area contributed by atoms with Gasteiger partial charge in [0.05, 0.1) is 40.9 Å². The number of anilines is 2. The predicted octanol–water partition coefficient (Wildman–Crippen LogP) is 5.58. The van der Waals surface area contributed by atoms with Gasteiger partial charge >= 0.3 is 0 Å². The first-order chi connectivity index (χ1) is 28.7. The van der Waals surface area contributed by atoms with Gasteiger partial charge in [-0.3, -0.25) is 24.1 Å². The van der Waals surface area contributed by atoms with Crippen LogP contribution in [0.25, 0.3) is 32.8 Å². The molecular formula is C45H51N9O5S. The molecule has 0 radical (unpaired) electrons. The number of para-hydroxylation sites is 1. The van der Waals surface area contributed by atoms with Gasteiger partial charge in [-0.1, -0.05) is 69.3 Å². The van der Waals surface area contributed by atoms with Gasteiger partial charge in [0, 0.05) is 36.4 Å². The van der Waals surface area contributed by atoms with E-state index in [0.29, 0.717) is 55.0 Å². The Morgan fingerprint density at radius 2 is 1.65 bits per heavy atom. The van der Waals surface area contributed by atoms with Gasteiger partial charge in [-0.25, -0.2) is 4.98 Å². The zero-order chi connectivity index (χ0) is 42.7. The number of nitrogens with two attached hydrogens (primary N) is 1. The van der Waals surface area contributed by atoms with E-state index in [1.807, 2.05) is 88.7 Å². The molecule has 0 spiro atoms. The Balaban J connectivity index is 0.938. The number of piperazine rings is 1. The first kappa shape index (κ1) is 42.0. The van der Waals surface area contributed by atoms with Crippen molar-refractivity contribution in [2.45, 2.75) is 65.6 Å². The van der Waals surface area contributed by atoms with Crippen molar-refractivity contribution >= 4 is 46.5 Å². The summed E-state index contributed by atoms with van der Waals surface area (Å²) in [5, 5.41) is 24.7. The third kappa shape index (κ3) is 9.16. The summed E-state index contributed by atoms with van der Waals surface area (Å²) >= 11 is 1.59. The highest BCUT2D eigenvalue weighted by atomic mass is 32.1. The molecule has 15 heteroatoms. The molecule has 0 bridgehead atoms. The monoisotopic (exact) mass is 829 g/mol. The van der Waals surface area contributed by atoms with E-state index in [-0.39, 0.29) is 54.3 Å².